The van der Waals surface area contributed by atoms with Crippen LogP contribution in [0.1, 0.15) is 26.7 Å². The number of hydrogen-bond donors (Lipinski definition) is 1. The van der Waals surface area contributed by atoms with E-state index in [0.29, 0.717) is 16.6 Å². The second-order valence-corrected chi connectivity index (χ2v) is 7.30. The zero-order chi connectivity index (χ0) is 13.3. The maximum atomic E-state index is 13.2. The van der Waals surface area contributed by atoms with E-state index in [4.69, 9.17) is 5.73 Å². The lowest BCUT2D eigenvalue weighted by molar-refractivity contribution is 0.504. The summed E-state index contributed by atoms with van der Waals surface area (Å²) in [6, 6.07) is 7.68. The summed E-state index contributed by atoms with van der Waals surface area (Å²) >= 11 is 0. The average Bonchev–Trinajstić information content (AvgIpc) is 3.10. The van der Waals surface area contributed by atoms with Crippen LogP contribution in [-0.2, 0) is 9.92 Å². The van der Waals surface area contributed by atoms with Gasteiger partial charge in [0.2, 0.25) is 0 Å². The van der Waals surface area contributed by atoms with E-state index in [0.717, 1.165) is 12.8 Å². The molecule has 18 heavy (non-hydrogen) atoms. The van der Waals surface area contributed by atoms with Gasteiger partial charge in [0.05, 0.1) is 10.9 Å². The Labute approximate surface area is 109 Å². The number of nitrogens with two attached hydrogens (primary N) is 1. The van der Waals surface area contributed by atoms with Crippen molar-refractivity contribution in [2.45, 2.75) is 43.7 Å². The van der Waals surface area contributed by atoms with Crippen molar-refractivity contribution in [1.29, 1.82) is 0 Å². The van der Waals surface area contributed by atoms with Gasteiger partial charge in [-0.05, 0) is 44.9 Å². The molecule has 1 unspecified atom stereocenters. The van der Waals surface area contributed by atoms with Gasteiger partial charge in [-0.15, -0.1) is 0 Å². The van der Waals surface area contributed by atoms with Gasteiger partial charge in [-0.3, -0.25) is 0 Å². The third-order valence-corrected chi connectivity index (χ3v) is 5.62. The van der Waals surface area contributed by atoms with Crippen LogP contribution < -0.4 is 5.73 Å². The van der Waals surface area contributed by atoms with Crippen LogP contribution in [0, 0.1) is 0 Å². The third-order valence-electron chi connectivity index (χ3n) is 2.97. The van der Waals surface area contributed by atoms with Gasteiger partial charge < -0.3 is 5.73 Å². The summed E-state index contributed by atoms with van der Waals surface area (Å²) in [4.78, 5) is 0.714. The van der Waals surface area contributed by atoms with Gasteiger partial charge in [-0.1, -0.05) is 6.07 Å². The second-order valence-electron chi connectivity index (χ2n) is 5.05. The number of nitrogen functional groups attached to an aromatic ring is 1. The van der Waals surface area contributed by atoms with Crippen molar-refractivity contribution >= 4 is 15.6 Å². The molecule has 0 amide bonds. The number of benzene rings is 1. The molecule has 5 heteroatoms. The number of hydrogen-bond acceptors (Lipinski definition) is 3. The molecule has 0 spiro atoms. The van der Waals surface area contributed by atoms with E-state index in [2.05, 4.69) is 4.36 Å². The first-order valence-corrected chi connectivity index (χ1v) is 7.75. The van der Waals surface area contributed by atoms with Crippen LogP contribution in [0.2, 0.25) is 0 Å². The van der Waals surface area contributed by atoms with Crippen molar-refractivity contribution in [3.8, 4) is 0 Å². The standard InChI is InChI=1S/C13H21N3OS/c1-10(2)15-18(17,16(3)12-7-8-12)13-6-4-5-11(14)9-13/h4-6,9-10,12H,7-8,14H2,1-3H3. The largest absolute Gasteiger partial charge is 0.399 e. The molecule has 1 aromatic carbocycles. The molecule has 0 aliphatic heterocycles. The summed E-state index contributed by atoms with van der Waals surface area (Å²) in [5, 5.41) is 0. The van der Waals surface area contributed by atoms with Gasteiger partial charge >= 0.3 is 0 Å². The van der Waals surface area contributed by atoms with E-state index >= 15 is 0 Å². The van der Waals surface area contributed by atoms with E-state index in [1.54, 1.807) is 12.1 Å². The summed E-state index contributed by atoms with van der Waals surface area (Å²) in [6.07, 6.45) is 2.20. The van der Waals surface area contributed by atoms with Crippen molar-refractivity contribution in [1.82, 2.24) is 4.31 Å². The first-order valence-electron chi connectivity index (χ1n) is 6.28. The quantitative estimate of drug-likeness (QED) is 0.852. The molecule has 0 saturated heterocycles. The molecule has 100 valence electrons. The molecule has 1 aliphatic rings. The Kier molecular flexibility index (Phi) is 3.64. The van der Waals surface area contributed by atoms with Crippen molar-refractivity contribution in [2.24, 2.45) is 4.36 Å². The molecule has 1 saturated carbocycles. The zero-order valence-corrected chi connectivity index (χ0v) is 12.0. The normalized spacial score (nSPS) is 18.9. The van der Waals surface area contributed by atoms with Gasteiger partial charge in [-0.25, -0.2) is 12.9 Å². The van der Waals surface area contributed by atoms with E-state index in [1.165, 1.54) is 0 Å². The molecule has 0 heterocycles. The van der Waals surface area contributed by atoms with E-state index in [-0.39, 0.29) is 6.04 Å². The molecule has 1 aliphatic carbocycles. The van der Waals surface area contributed by atoms with Crippen LogP contribution in [0.4, 0.5) is 5.69 Å². The van der Waals surface area contributed by atoms with Crippen LogP contribution in [0.15, 0.2) is 33.5 Å². The van der Waals surface area contributed by atoms with Gasteiger partial charge in [0.1, 0.15) is 9.92 Å². The summed E-state index contributed by atoms with van der Waals surface area (Å²) < 4.78 is 19.6. The minimum Gasteiger partial charge on any atom is -0.399 e. The summed E-state index contributed by atoms with van der Waals surface area (Å²) in [5.41, 5.74) is 6.42. The van der Waals surface area contributed by atoms with Crippen LogP contribution in [0.3, 0.4) is 0 Å². The molecular weight excluding hydrogens is 246 g/mol. The smallest absolute Gasteiger partial charge is 0.140 e. The Bertz CT molecular complexity index is 543. The van der Waals surface area contributed by atoms with E-state index in [9.17, 15) is 4.21 Å². The topological polar surface area (TPSA) is 58.7 Å². The highest BCUT2D eigenvalue weighted by Gasteiger charge is 2.34. The van der Waals surface area contributed by atoms with Crippen LogP contribution in [-0.4, -0.2) is 27.6 Å². The Balaban J connectivity index is 2.52. The molecule has 1 fully saturated rings. The van der Waals surface area contributed by atoms with E-state index in [1.807, 2.05) is 37.3 Å². The predicted octanol–water partition coefficient (Wildman–Crippen LogP) is 2.51. The maximum Gasteiger partial charge on any atom is 0.140 e. The van der Waals surface area contributed by atoms with Crippen molar-refractivity contribution in [3.63, 3.8) is 0 Å². The van der Waals surface area contributed by atoms with Crippen LogP contribution in [0.5, 0.6) is 0 Å². The lowest BCUT2D eigenvalue weighted by atomic mass is 10.3. The molecular formula is C13H21N3OS. The second kappa shape index (κ2) is 4.90. The Morgan fingerprint density at radius 3 is 2.61 bits per heavy atom. The van der Waals surface area contributed by atoms with Gasteiger partial charge in [0, 0.05) is 18.8 Å². The SMILES string of the molecule is CC(C)N=S(=O)(c1cccc(N)c1)N(C)C1CC1. The van der Waals surface area contributed by atoms with Crippen molar-refractivity contribution < 1.29 is 4.21 Å². The minimum atomic E-state index is -2.53. The predicted molar refractivity (Wildman–Crippen MR) is 75.6 cm³/mol. The summed E-state index contributed by atoms with van der Waals surface area (Å²) in [7, 11) is -0.629. The highest BCUT2D eigenvalue weighted by atomic mass is 32.2. The van der Waals surface area contributed by atoms with E-state index < -0.39 is 9.92 Å². The van der Waals surface area contributed by atoms with Gasteiger partial charge in [0.15, 0.2) is 0 Å². The zero-order valence-electron chi connectivity index (χ0n) is 11.2. The van der Waals surface area contributed by atoms with Gasteiger partial charge in [0.25, 0.3) is 0 Å². The van der Waals surface area contributed by atoms with Crippen molar-refractivity contribution in [2.75, 3.05) is 12.8 Å². The molecule has 0 aromatic heterocycles. The minimum absolute atomic E-state index is 0.0279. The number of rotatable bonds is 4. The first kappa shape index (κ1) is 13.4. The van der Waals surface area contributed by atoms with Gasteiger partial charge in [-0.2, -0.15) is 0 Å². The molecule has 2 rings (SSSR count). The lowest BCUT2D eigenvalue weighted by Gasteiger charge is -2.22. The Hall–Kier alpha value is -1.07. The third kappa shape index (κ3) is 2.67. The fraction of sp³-hybridized carbons (Fsp3) is 0.538. The molecule has 4 nitrogen and oxygen atoms in total. The monoisotopic (exact) mass is 267 g/mol. The first-order chi connectivity index (χ1) is 8.43. The molecule has 2 N–H and O–H groups in total. The fourth-order valence-electron chi connectivity index (χ4n) is 1.91. The lowest BCUT2D eigenvalue weighted by Crippen LogP contribution is -2.29. The highest BCUT2D eigenvalue weighted by molar-refractivity contribution is 7.91. The Morgan fingerprint density at radius 1 is 1.44 bits per heavy atom. The molecule has 0 bridgehead atoms. The summed E-state index contributed by atoms with van der Waals surface area (Å²) in [6.45, 7) is 3.90. The fourth-order valence-corrected chi connectivity index (χ4v) is 4.24. The Morgan fingerprint density at radius 2 is 2.11 bits per heavy atom. The maximum absolute atomic E-state index is 13.2. The number of anilines is 1. The van der Waals surface area contributed by atoms with Crippen LogP contribution >= 0.6 is 0 Å². The molecule has 1 atom stereocenters. The van der Waals surface area contributed by atoms with Crippen molar-refractivity contribution in [3.05, 3.63) is 24.3 Å². The summed E-state index contributed by atoms with van der Waals surface area (Å²) in [5.74, 6) is 0. The number of nitrogens with zero attached hydrogens (tertiary/aromatic N) is 2. The highest BCUT2D eigenvalue weighted by Crippen LogP contribution is 2.32. The average molecular weight is 267 g/mol. The molecule has 1 aromatic rings. The van der Waals surface area contributed by atoms with Crippen LogP contribution in [0.25, 0.3) is 0 Å². The molecule has 0 radical (unpaired) electrons.